The Bertz CT molecular complexity index is 617. The van der Waals surface area contributed by atoms with Gasteiger partial charge in [0.2, 0.25) is 10.0 Å². The van der Waals surface area contributed by atoms with E-state index < -0.39 is 16.1 Å². The molecule has 0 aromatic heterocycles. The molecule has 1 N–H and O–H groups in total. The second-order valence-electron chi connectivity index (χ2n) is 5.65. The van der Waals surface area contributed by atoms with Crippen LogP contribution in [0, 0.1) is 6.42 Å². The number of hydrogen-bond donors (Lipinski definition) is 1. The van der Waals surface area contributed by atoms with Gasteiger partial charge in [0.25, 0.3) is 0 Å². The number of hydrogen-bond acceptors (Lipinski definition) is 4. The topological polar surface area (TPSA) is 66.8 Å². The van der Waals surface area contributed by atoms with E-state index in [1.165, 1.54) is 4.31 Å². The summed E-state index contributed by atoms with van der Waals surface area (Å²) in [7, 11) is -3.57. The second-order valence-corrected chi connectivity index (χ2v) is 7.49. The lowest BCUT2D eigenvalue weighted by atomic mass is 9.78. The van der Waals surface area contributed by atoms with Crippen LogP contribution in [-0.4, -0.2) is 48.2 Å². The van der Waals surface area contributed by atoms with E-state index in [1.54, 1.807) is 30.3 Å². The van der Waals surface area contributed by atoms with Crippen LogP contribution in [0.25, 0.3) is 0 Å². The number of nitrogens with zero attached hydrogens (tertiary/aromatic N) is 1. The molecule has 20 heavy (non-hydrogen) atoms. The summed E-state index contributed by atoms with van der Waals surface area (Å²) in [4.78, 5) is 0.286. The van der Waals surface area contributed by atoms with Crippen molar-refractivity contribution in [2.75, 3.05) is 0 Å². The Morgan fingerprint density at radius 3 is 2.70 bits per heavy atom. The molecule has 0 amide bonds. The first-order chi connectivity index (χ1) is 9.57. The van der Waals surface area contributed by atoms with Crippen LogP contribution >= 0.6 is 0 Å². The Morgan fingerprint density at radius 1 is 1.20 bits per heavy atom. The Morgan fingerprint density at radius 2 is 1.95 bits per heavy atom. The van der Waals surface area contributed by atoms with E-state index in [4.69, 9.17) is 4.74 Å². The highest BCUT2D eigenvalue weighted by Crippen LogP contribution is 2.44. The standard InChI is InChI=1S/C14H16NO4S/c16-14-12-8-10-6-9(7-13(14)19-10)15(12)20(17,18)11-4-2-1-3-5-11/h1-6,9-10,12-14,16H,7-8H2/t9-,10-,12+,13+,14+/m0/s1. The Hall–Kier alpha value is -0.950. The van der Waals surface area contributed by atoms with E-state index in [2.05, 4.69) is 0 Å². The normalized spacial score (nSPS) is 40.1. The second kappa shape index (κ2) is 4.27. The summed E-state index contributed by atoms with van der Waals surface area (Å²) in [6.45, 7) is 0. The van der Waals surface area contributed by atoms with Crippen molar-refractivity contribution in [2.24, 2.45) is 0 Å². The molecule has 4 aliphatic heterocycles. The monoisotopic (exact) mass is 294 g/mol. The van der Waals surface area contributed by atoms with Crippen LogP contribution in [0.5, 0.6) is 0 Å². The van der Waals surface area contributed by atoms with Crippen LogP contribution in [0.2, 0.25) is 0 Å². The van der Waals surface area contributed by atoms with Gasteiger partial charge < -0.3 is 9.84 Å². The zero-order valence-electron chi connectivity index (χ0n) is 10.8. The summed E-state index contributed by atoms with van der Waals surface area (Å²) in [6.07, 6.45) is 2.07. The van der Waals surface area contributed by atoms with Gasteiger partial charge in [-0.05, 0) is 25.0 Å². The quantitative estimate of drug-likeness (QED) is 0.865. The van der Waals surface area contributed by atoms with E-state index in [0.717, 1.165) is 0 Å². The molecule has 5 atom stereocenters. The Kier molecular flexibility index (Phi) is 2.73. The van der Waals surface area contributed by atoms with Gasteiger partial charge in [-0.15, -0.1) is 0 Å². The van der Waals surface area contributed by atoms with Gasteiger partial charge >= 0.3 is 0 Å². The van der Waals surface area contributed by atoms with Crippen molar-refractivity contribution in [1.82, 2.24) is 4.31 Å². The van der Waals surface area contributed by atoms with E-state index >= 15 is 0 Å². The predicted molar refractivity (Wildman–Crippen MR) is 71.2 cm³/mol. The number of benzene rings is 1. The lowest BCUT2D eigenvalue weighted by Gasteiger charge is -2.57. The van der Waals surface area contributed by atoms with Gasteiger partial charge in [0, 0.05) is 12.5 Å². The molecule has 4 saturated heterocycles. The third-order valence-electron chi connectivity index (χ3n) is 4.48. The molecule has 0 unspecified atom stereocenters. The van der Waals surface area contributed by atoms with Gasteiger partial charge in [0.05, 0.1) is 29.2 Å². The summed E-state index contributed by atoms with van der Waals surface area (Å²) in [5, 5.41) is 10.3. The Balaban J connectivity index is 1.75. The lowest BCUT2D eigenvalue weighted by Crippen LogP contribution is -2.70. The van der Waals surface area contributed by atoms with Gasteiger partial charge in [0.1, 0.15) is 0 Å². The van der Waals surface area contributed by atoms with E-state index in [0.29, 0.717) is 12.8 Å². The summed E-state index contributed by atoms with van der Waals surface area (Å²) in [6, 6.07) is 7.90. The van der Waals surface area contributed by atoms with Gasteiger partial charge in [-0.1, -0.05) is 18.2 Å². The van der Waals surface area contributed by atoms with Crippen molar-refractivity contribution in [1.29, 1.82) is 0 Å². The van der Waals surface area contributed by atoms with Crippen molar-refractivity contribution in [3.63, 3.8) is 0 Å². The first-order valence-electron chi connectivity index (χ1n) is 6.84. The predicted octanol–water partition coefficient (Wildman–Crippen LogP) is 0.554. The number of ether oxygens (including phenoxy) is 1. The van der Waals surface area contributed by atoms with Crippen LogP contribution in [0.15, 0.2) is 35.2 Å². The minimum absolute atomic E-state index is 0.0191. The van der Waals surface area contributed by atoms with Gasteiger partial charge in [-0.3, -0.25) is 0 Å². The molecule has 0 spiro atoms. The van der Waals surface area contributed by atoms with E-state index in [-0.39, 0.29) is 29.2 Å². The molecule has 6 heteroatoms. The number of sulfonamides is 1. The maximum Gasteiger partial charge on any atom is 0.243 e. The molecular formula is C14H16NO4S. The molecular weight excluding hydrogens is 278 g/mol. The number of rotatable bonds is 2. The van der Waals surface area contributed by atoms with Crippen molar-refractivity contribution < 1.29 is 18.3 Å². The molecule has 0 saturated carbocycles. The minimum atomic E-state index is -3.57. The highest BCUT2D eigenvalue weighted by molar-refractivity contribution is 7.89. The summed E-state index contributed by atoms with van der Waals surface area (Å²) in [5.41, 5.74) is 0. The minimum Gasteiger partial charge on any atom is -0.389 e. The zero-order valence-corrected chi connectivity index (χ0v) is 11.6. The molecule has 5 nitrogen and oxygen atoms in total. The fraction of sp³-hybridized carbons (Fsp3) is 0.500. The van der Waals surface area contributed by atoms with Crippen LogP contribution in [-0.2, 0) is 14.8 Å². The smallest absolute Gasteiger partial charge is 0.243 e. The highest BCUT2D eigenvalue weighted by Gasteiger charge is 2.56. The van der Waals surface area contributed by atoms with E-state index in [9.17, 15) is 13.5 Å². The third kappa shape index (κ3) is 1.69. The van der Waals surface area contributed by atoms with Gasteiger partial charge in [0.15, 0.2) is 0 Å². The average Bonchev–Trinajstić information content (AvgIpc) is 2.44. The molecule has 1 aromatic rings. The molecule has 4 fully saturated rings. The van der Waals surface area contributed by atoms with Gasteiger partial charge in [-0.25, -0.2) is 8.42 Å². The Labute approximate surface area is 118 Å². The van der Waals surface area contributed by atoms with Crippen molar-refractivity contribution in [3.05, 3.63) is 36.8 Å². The molecule has 4 bridgehead atoms. The van der Waals surface area contributed by atoms with E-state index in [1.807, 2.05) is 6.42 Å². The van der Waals surface area contributed by atoms with Crippen LogP contribution in [0.1, 0.15) is 12.8 Å². The van der Waals surface area contributed by atoms with Crippen molar-refractivity contribution >= 4 is 10.0 Å². The van der Waals surface area contributed by atoms with Crippen molar-refractivity contribution in [3.8, 4) is 0 Å². The average molecular weight is 294 g/mol. The third-order valence-corrected chi connectivity index (χ3v) is 6.45. The fourth-order valence-corrected chi connectivity index (χ4v) is 5.45. The summed E-state index contributed by atoms with van der Waals surface area (Å²) < 4.78 is 32.8. The van der Waals surface area contributed by atoms with Crippen LogP contribution in [0.4, 0.5) is 0 Å². The number of piperidine rings is 2. The summed E-state index contributed by atoms with van der Waals surface area (Å²) in [5.74, 6) is 0. The molecule has 1 radical (unpaired) electrons. The van der Waals surface area contributed by atoms with Gasteiger partial charge in [-0.2, -0.15) is 4.31 Å². The van der Waals surface area contributed by atoms with Crippen molar-refractivity contribution in [2.45, 2.75) is 48.1 Å². The maximum absolute atomic E-state index is 12.8. The van der Waals surface area contributed by atoms with Crippen LogP contribution in [0.3, 0.4) is 0 Å². The molecule has 4 aliphatic rings. The zero-order chi connectivity index (χ0) is 13.9. The number of aliphatic hydroxyl groups excluding tert-OH is 1. The first kappa shape index (κ1) is 12.8. The molecule has 0 aliphatic carbocycles. The number of aliphatic hydroxyl groups is 1. The largest absolute Gasteiger partial charge is 0.389 e. The molecule has 4 heterocycles. The SMILES string of the molecule is O=S(=O)(c1ccccc1)N1[C@@H]2C[C@@H]3[CH][C@H]1C[C@@H](O3)[C@@H]2O. The van der Waals surface area contributed by atoms with Crippen LogP contribution < -0.4 is 0 Å². The maximum atomic E-state index is 12.8. The summed E-state index contributed by atoms with van der Waals surface area (Å²) >= 11 is 0. The molecule has 1 aromatic carbocycles. The molecule has 5 rings (SSSR count). The molecule has 107 valence electrons. The lowest BCUT2D eigenvalue weighted by molar-refractivity contribution is -0.193. The first-order valence-corrected chi connectivity index (χ1v) is 8.28. The highest BCUT2D eigenvalue weighted by atomic mass is 32.2. The fourth-order valence-electron chi connectivity index (χ4n) is 3.63.